The number of thioether (sulfide) groups is 1. The van der Waals surface area contributed by atoms with E-state index in [9.17, 15) is 4.79 Å². The second kappa shape index (κ2) is 4.00. The Bertz CT molecular complexity index is 143. The number of hydrogen-bond donors (Lipinski definition) is 1. The predicted molar refractivity (Wildman–Crippen MR) is 48.5 cm³/mol. The minimum Gasteiger partial charge on any atom is -0.369 e. The molecule has 64 valence electrons. The van der Waals surface area contributed by atoms with Crippen LogP contribution in [0.2, 0.25) is 0 Å². The molecule has 3 heteroatoms. The molecule has 1 amide bonds. The molecule has 2 N–H and O–H groups in total. The lowest BCUT2D eigenvalue weighted by molar-refractivity contribution is -0.117. The number of hydrogen-bond acceptors (Lipinski definition) is 2. The Morgan fingerprint density at radius 3 is 2.55 bits per heavy atom. The number of primary amides is 1. The zero-order valence-corrected chi connectivity index (χ0v) is 7.69. The maximum atomic E-state index is 10.7. The largest absolute Gasteiger partial charge is 0.369 e. The minimum absolute atomic E-state index is 0.00176. The molecule has 0 aliphatic heterocycles. The molecule has 0 aromatic rings. The van der Waals surface area contributed by atoms with Gasteiger partial charge in [-0.05, 0) is 19.8 Å². The zero-order chi connectivity index (χ0) is 8.27. The van der Waals surface area contributed by atoms with Crippen LogP contribution in [0.3, 0.4) is 0 Å². The van der Waals surface area contributed by atoms with Gasteiger partial charge >= 0.3 is 0 Å². The molecular weight excluding hydrogens is 158 g/mol. The summed E-state index contributed by atoms with van der Waals surface area (Å²) < 4.78 is 0. The highest BCUT2D eigenvalue weighted by molar-refractivity contribution is 8.01. The Morgan fingerprint density at radius 1 is 1.55 bits per heavy atom. The highest BCUT2D eigenvalue weighted by atomic mass is 32.2. The number of nitrogens with two attached hydrogens (primary N) is 1. The van der Waals surface area contributed by atoms with Crippen LogP contribution in [0.1, 0.15) is 32.6 Å². The van der Waals surface area contributed by atoms with Crippen molar-refractivity contribution >= 4 is 17.7 Å². The van der Waals surface area contributed by atoms with Crippen molar-refractivity contribution in [2.75, 3.05) is 0 Å². The fraction of sp³-hybridized carbons (Fsp3) is 0.875. The molecular formula is C8H15NOS. The molecule has 0 saturated heterocycles. The normalized spacial score (nSPS) is 21.9. The van der Waals surface area contributed by atoms with Crippen molar-refractivity contribution in [3.63, 3.8) is 0 Å². The van der Waals surface area contributed by atoms with E-state index in [0.717, 1.165) is 0 Å². The zero-order valence-electron chi connectivity index (χ0n) is 6.88. The molecule has 1 atom stereocenters. The summed E-state index contributed by atoms with van der Waals surface area (Å²) in [5.74, 6) is -0.179. The molecule has 2 nitrogen and oxygen atoms in total. The van der Waals surface area contributed by atoms with E-state index in [-0.39, 0.29) is 11.2 Å². The Balaban J connectivity index is 2.23. The highest BCUT2D eigenvalue weighted by Crippen LogP contribution is 2.31. The van der Waals surface area contributed by atoms with Crippen molar-refractivity contribution in [3.05, 3.63) is 0 Å². The van der Waals surface area contributed by atoms with E-state index in [0.29, 0.717) is 5.25 Å². The Morgan fingerprint density at radius 2 is 2.09 bits per heavy atom. The van der Waals surface area contributed by atoms with Crippen LogP contribution in [-0.2, 0) is 4.79 Å². The first-order chi connectivity index (χ1) is 5.20. The average molecular weight is 173 g/mol. The first-order valence-corrected chi connectivity index (χ1v) is 5.09. The Labute approximate surface area is 71.9 Å². The minimum atomic E-state index is -0.179. The fourth-order valence-electron chi connectivity index (χ4n) is 1.38. The third-order valence-electron chi connectivity index (χ3n) is 2.10. The lowest BCUT2D eigenvalue weighted by Crippen LogP contribution is -2.24. The second-order valence-corrected chi connectivity index (χ2v) is 4.73. The van der Waals surface area contributed by atoms with Crippen molar-refractivity contribution in [3.8, 4) is 0 Å². The maximum Gasteiger partial charge on any atom is 0.230 e. The van der Waals surface area contributed by atoms with Crippen LogP contribution >= 0.6 is 11.8 Å². The number of amides is 1. The maximum absolute atomic E-state index is 10.7. The number of carbonyl (C=O) groups is 1. The molecule has 0 heterocycles. The van der Waals surface area contributed by atoms with Gasteiger partial charge in [-0.2, -0.15) is 0 Å². The lowest BCUT2D eigenvalue weighted by atomic mass is 10.4. The van der Waals surface area contributed by atoms with Crippen LogP contribution in [0.5, 0.6) is 0 Å². The summed E-state index contributed by atoms with van der Waals surface area (Å²) in [6.07, 6.45) is 5.18. The van der Waals surface area contributed by atoms with Gasteiger partial charge in [-0.25, -0.2) is 0 Å². The molecule has 1 rings (SSSR count). The number of rotatable bonds is 3. The summed E-state index contributed by atoms with van der Waals surface area (Å²) in [5, 5.41) is 0.690. The van der Waals surface area contributed by atoms with Crippen LogP contribution in [0, 0.1) is 0 Å². The summed E-state index contributed by atoms with van der Waals surface area (Å²) in [4.78, 5) is 10.7. The topological polar surface area (TPSA) is 43.1 Å². The molecule has 0 unspecified atom stereocenters. The third-order valence-corrected chi connectivity index (χ3v) is 3.60. The van der Waals surface area contributed by atoms with E-state index in [1.807, 2.05) is 6.92 Å². The van der Waals surface area contributed by atoms with Gasteiger partial charge < -0.3 is 5.73 Å². The molecule has 11 heavy (non-hydrogen) atoms. The highest BCUT2D eigenvalue weighted by Gasteiger charge is 2.20. The van der Waals surface area contributed by atoms with E-state index in [2.05, 4.69) is 0 Å². The van der Waals surface area contributed by atoms with E-state index in [1.165, 1.54) is 25.7 Å². The second-order valence-electron chi connectivity index (χ2n) is 3.09. The summed E-state index contributed by atoms with van der Waals surface area (Å²) in [7, 11) is 0. The van der Waals surface area contributed by atoms with Crippen LogP contribution in [-0.4, -0.2) is 16.4 Å². The third kappa shape index (κ3) is 2.73. The van der Waals surface area contributed by atoms with E-state index in [4.69, 9.17) is 5.73 Å². The molecule has 1 fully saturated rings. The summed E-state index contributed by atoms with van der Waals surface area (Å²) in [5.41, 5.74) is 5.15. The van der Waals surface area contributed by atoms with Crippen molar-refractivity contribution in [1.82, 2.24) is 0 Å². The molecule has 1 saturated carbocycles. The predicted octanol–water partition coefficient (Wildman–Crippen LogP) is 1.54. The van der Waals surface area contributed by atoms with Crippen LogP contribution in [0.15, 0.2) is 0 Å². The molecule has 0 aromatic heterocycles. The molecule has 0 radical (unpaired) electrons. The molecule has 0 bridgehead atoms. The fourth-order valence-corrected chi connectivity index (χ4v) is 2.70. The van der Waals surface area contributed by atoms with E-state index >= 15 is 0 Å². The van der Waals surface area contributed by atoms with Crippen molar-refractivity contribution in [2.24, 2.45) is 5.73 Å². The van der Waals surface area contributed by atoms with E-state index < -0.39 is 0 Å². The van der Waals surface area contributed by atoms with Crippen LogP contribution < -0.4 is 5.73 Å². The number of carbonyl (C=O) groups excluding carboxylic acids is 1. The quantitative estimate of drug-likeness (QED) is 0.703. The van der Waals surface area contributed by atoms with Gasteiger partial charge in [-0.15, -0.1) is 11.8 Å². The van der Waals surface area contributed by atoms with Gasteiger partial charge in [0.1, 0.15) is 0 Å². The van der Waals surface area contributed by atoms with Crippen molar-refractivity contribution in [2.45, 2.75) is 43.1 Å². The Kier molecular flexibility index (Phi) is 3.24. The Hall–Kier alpha value is -0.180. The smallest absolute Gasteiger partial charge is 0.230 e. The van der Waals surface area contributed by atoms with Gasteiger partial charge in [0.05, 0.1) is 5.25 Å². The molecule has 1 aliphatic carbocycles. The van der Waals surface area contributed by atoms with Crippen LogP contribution in [0.25, 0.3) is 0 Å². The van der Waals surface area contributed by atoms with Crippen LogP contribution in [0.4, 0.5) is 0 Å². The van der Waals surface area contributed by atoms with Gasteiger partial charge in [0.2, 0.25) is 5.91 Å². The first kappa shape index (κ1) is 8.91. The summed E-state index contributed by atoms with van der Waals surface area (Å²) in [6, 6.07) is 0. The lowest BCUT2D eigenvalue weighted by Gasteiger charge is -2.12. The molecule has 1 aliphatic rings. The molecule has 0 spiro atoms. The van der Waals surface area contributed by atoms with E-state index in [1.54, 1.807) is 11.8 Å². The summed E-state index contributed by atoms with van der Waals surface area (Å²) >= 11 is 1.74. The van der Waals surface area contributed by atoms with Gasteiger partial charge in [-0.1, -0.05) is 12.8 Å². The standard InChI is InChI=1S/C8H15NOS/c1-6(8(9)10)11-7-4-2-3-5-7/h6-7H,2-5H2,1H3,(H2,9,10)/t6-/m0/s1. The monoisotopic (exact) mass is 173 g/mol. The summed E-state index contributed by atoms with van der Waals surface area (Å²) in [6.45, 7) is 1.89. The van der Waals surface area contributed by atoms with Gasteiger partial charge in [0.25, 0.3) is 0 Å². The SMILES string of the molecule is C[C@H](SC1CCCC1)C(N)=O. The first-order valence-electron chi connectivity index (χ1n) is 4.15. The van der Waals surface area contributed by atoms with Crippen molar-refractivity contribution in [1.29, 1.82) is 0 Å². The average Bonchev–Trinajstić information content (AvgIpc) is 2.39. The molecule has 0 aromatic carbocycles. The van der Waals surface area contributed by atoms with Gasteiger partial charge in [0, 0.05) is 5.25 Å². The van der Waals surface area contributed by atoms with Gasteiger partial charge in [-0.3, -0.25) is 4.79 Å². The van der Waals surface area contributed by atoms with Gasteiger partial charge in [0.15, 0.2) is 0 Å². The van der Waals surface area contributed by atoms with Crippen molar-refractivity contribution < 1.29 is 4.79 Å².